The van der Waals surface area contributed by atoms with Crippen LogP contribution < -0.4 is 0 Å². The van der Waals surface area contributed by atoms with Crippen LogP contribution in [0.2, 0.25) is 0 Å². The highest BCUT2D eigenvalue weighted by Gasteiger charge is 2.22. The summed E-state index contributed by atoms with van der Waals surface area (Å²) >= 11 is 5.84. The molecule has 1 aliphatic rings. The van der Waals surface area contributed by atoms with Crippen LogP contribution in [0.1, 0.15) is 23.2 Å². The molecular weight excluding hydrogens is 229 g/mol. The molecule has 0 aliphatic heterocycles. The van der Waals surface area contributed by atoms with E-state index in [9.17, 15) is 9.18 Å². The first kappa shape index (κ1) is 11.0. The van der Waals surface area contributed by atoms with E-state index >= 15 is 0 Å². The average molecular weight is 238 g/mol. The van der Waals surface area contributed by atoms with Gasteiger partial charge in [-0.2, -0.15) is 0 Å². The molecule has 0 radical (unpaired) electrons. The molecule has 0 bridgehead atoms. The first-order valence-corrected chi connectivity index (χ1v) is 5.27. The van der Waals surface area contributed by atoms with Gasteiger partial charge in [0.1, 0.15) is 5.83 Å². The van der Waals surface area contributed by atoms with Crippen LogP contribution in [0.25, 0.3) is 0 Å². The summed E-state index contributed by atoms with van der Waals surface area (Å²) < 4.78 is 13.5. The maximum absolute atomic E-state index is 13.5. The number of hydrogen-bond donors (Lipinski definition) is 0. The summed E-state index contributed by atoms with van der Waals surface area (Å²) in [5, 5.41) is 0.192. The lowest BCUT2D eigenvalue weighted by molar-refractivity contribution is 0.103. The van der Waals surface area contributed by atoms with Crippen molar-refractivity contribution < 1.29 is 9.18 Å². The van der Waals surface area contributed by atoms with Crippen molar-refractivity contribution in [2.24, 2.45) is 0 Å². The van der Waals surface area contributed by atoms with Crippen LogP contribution in [0.4, 0.5) is 4.39 Å². The molecule has 1 aromatic heterocycles. The lowest BCUT2D eigenvalue weighted by atomic mass is 9.98. The van der Waals surface area contributed by atoms with Gasteiger partial charge in [-0.05, 0) is 18.6 Å². The Hall–Kier alpha value is -1.48. The van der Waals surface area contributed by atoms with E-state index in [0.29, 0.717) is 12.0 Å². The minimum Gasteiger partial charge on any atom is -0.288 e. The molecule has 0 fully saturated rings. The van der Waals surface area contributed by atoms with Gasteiger partial charge in [0.05, 0.1) is 10.6 Å². The second-order valence-electron chi connectivity index (χ2n) is 3.44. The molecule has 0 spiro atoms. The van der Waals surface area contributed by atoms with Crippen molar-refractivity contribution >= 4 is 17.4 Å². The van der Waals surface area contributed by atoms with Crippen molar-refractivity contribution in [3.63, 3.8) is 0 Å². The molecule has 1 heterocycles. The number of nitrogens with zero attached hydrogens (tertiary/aromatic N) is 1. The van der Waals surface area contributed by atoms with Crippen LogP contribution in [-0.2, 0) is 0 Å². The number of rotatable bonds is 2. The summed E-state index contributed by atoms with van der Waals surface area (Å²) in [6.45, 7) is 0. The van der Waals surface area contributed by atoms with Crippen LogP contribution in [0.5, 0.6) is 0 Å². The largest absolute Gasteiger partial charge is 0.288 e. The third-order valence-electron chi connectivity index (χ3n) is 2.35. The number of carbonyl (C=O) groups excluding carboxylic acids is 1. The van der Waals surface area contributed by atoms with Crippen molar-refractivity contribution in [2.45, 2.75) is 12.8 Å². The van der Waals surface area contributed by atoms with Crippen molar-refractivity contribution in [2.75, 3.05) is 0 Å². The van der Waals surface area contributed by atoms with Gasteiger partial charge in [0.25, 0.3) is 0 Å². The van der Waals surface area contributed by atoms with E-state index in [1.807, 2.05) is 0 Å². The van der Waals surface area contributed by atoms with E-state index in [0.717, 1.165) is 0 Å². The standard InChI is InChI=1S/C12H9ClFNO/c13-9-4-1-5-10(14)11(9)12(16)8-3-2-6-15-7-8/h2-4,6-7H,1,5H2. The quantitative estimate of drug-likeness (QED) is 0.738. The fourth-order valence-corrected chi connectivity index (χ4v) is 1.85. The van der Waals surface area contributed by atoms with E-state index in [1.54, 1.807) is 24.4 Å². The summed E-state index contributed by atoms with van der Waals surface area (Å²) in [6.07, 6.45) is 5.39. The van der Waals surface area contributed by atoms with Gasteiger partial charge in [-0.15, -0.1) is 0 Å². The summed E-state index contributed by atoms with van der Waals surface area (Å²) in [5.74, 6) is -0.854. The molecule has 82 valence electrons. The number of hydrogen-bond acceptors (Lipinski definition) is 2. The molecule has 0 atom stereocenters. The van der Waals surface area contributed by atoms with E-state index in [4.69, 9.17) is 11.6 Å². The molecule has 0 N–H and O–H groups in total. The highest BCUT2D eigenvalue weighted by Crippen LogP contribution is 2.30. The summed E-state index contributed by atoms with van der Waals surface area (Å²) in [7, 11) is 0. The Bertz CT molecular complexity index is 479. The number of carbonyl (C=O) groups is 1. The summed E-state index contributed by atoms with van der Waals surface area (Å²) in [6, 6.07) is 3.22. The molecule has 0 aromatic carbocycles. The summed E-state index contributed by atoms with van der Waals surface area (Å²) in [4.78, 5) is 15.8. The van der Waals surface area contributed by atoms with Gasteiger partial charge in [0.15, 0.2) is 5.78 Å². The SMILES string of the molecule is O=C(C1=C(F)CCC=C1Cl)c1cccnc1. The normalized spacial score (nSPS) is 16.0. The maximum atomic E-state index is 13.5. The predicted octanol–water partition coefficient (Wildman–Crippen LogP) is 3.40. The van der Waals surface area contributed by atoms with E-state index in [-0.39, 0.29) is 17.0 Å². The Morgan fingerprint density at radius 3 is 2.94 bits per heavy atom. The van der Waals surface area contributed by atoms with Crippen LogP contribution in [0.3, 0.4) is 0 Å². The second-order valence-corrected chi connectivity index (χ2v) is 3.85. The molecule has 0 unspecified atom stereocenters. The zero-order valence-corrected chi connectivity index (χ0v) is 9.17. The van der Waals surface area contributed by atoms with Gasteiger partial charge in [-0.25, -0.2) is 4.39 Å². The lowest BCUT2D eigenvalue weighted by Gasteiger charge is -2.11. The maximum Gasteiger partial charge on any atom is 0.198 e. The van der Waals surface area contributed by atoms with Crippen molar-refractivity contribution in [1.82, 2.24) is 4.98 Å². The Morgan fingerprint density at radius 2 is 2.31 bits per heavy atom. The third-order valence-corrected chi connectivity index (χ3v) is 2.69. The highest BCUT2D eigenvalue weighted by atomic mass is 35.5. The first-order chi connectivity index (χ1) is 7.70. The van der Waals surface area contributed by atoms with Gasteiger partial charge in [0, 0.05) is 24.4 Å². The molecule has 0 saturated heterocycles. The van der Waals surface area contributed by atoms with Crippen LogP contribution in [0.15, 0.2) is 47.0 Å². The van der Waals surface area contributed by atoms with Gasteiger partial charge < -0.3 is 0 Å². The Kier molecular flexibility index (Phi) is 3.15. The third kappa shape index (κ3) is 2.04. The smallest absolute Gasteiger partial charge is 0.198 e. The Balaban J connectivity index is 2.39. The van der Waals surface area contributed by atoms with Gasteiger partial charge in [0.2, 0.25) is 0 Å². The predicted molar refractivity (Wildman–Crippen MR) is 59.9 cm³/mol. The average Bonchev–Trinajstić information content (AvgIpc) is 2.30. The Morgan fingerprint density at radius 1 is 1.50 bits per heavy atom. The van der Waals surface area contributed by atoms with Crippen LogP contribution in [0, 0.1) is 0 Å². The number of pyridine rings is 1. The fraction of sp³-hybridized carbons (Fsp3) is 0.167. The Labute approximate surface area is 97.5 Å². The second kappa shape index (κ2) is 4.58. The molecule has 16 heavy (non-hydrogen) atoms. The van der Waals surface area contributed by atoms with Crippen LogP contribution in [-0.4, -0.2) is 10.8 Å². The van der Waals surface area contributed by atoms with Crippen molar-refractivity contribution in [1.29, 1.82) is 0 Å². The fourth-order valence-electron chi connectivity index (χ4n) is 1.56. The van der Waals surface area contributed by atoms with Gasteiger partial charge in [-0.1, -0.05) is 17.7 Å². The minimum atomic E-state index is -0.443. The molecule has 4 heteroatoms. The number of allylic oxidation sites excluding steroid dienone is 4. The van der Waals surface area contributed by atoms with Crippen molar-refractivity contribution in [3.8, 4) is 0 Å². The lowest BCUT2D eigenvalue weighted by Crippen LogP contribution is -2.08. The van der Waals surface area contributed by atoms with Crippen LogP contribution >= 0.6 is 11.6 Å². The van der Waals surface area contributed by atoms with E-state index in [1.165, 1.54) is 6.20 Å². The van der Waals surface area contributed by atoms with Gasteiger partial charge >= 0.3 is 0 Å². The number of Topliss-reactive ketones (excluding diaryl/α,β-unsaturated/α-hetero) is 1. The zero-order chi connectivity index (χ0) is 11.5. The van der Waals surface area contributed by atoms with Crippen molar-refractivity contribution in [3.05, 3.63) is 52.6 Å². The number of ketones is 1. The first-order valence-electron chi connectivity index (χ1n) is 4.89. The molecule has 0 saturated carbocycles. The minimum absolute atomic E-state index is 0.0269. The molecule has 2 nitrogen and oxygen atoms in total. The zero-order valence-electron chi connectivity index (χ0n) is 8.41. The molecule has 2 rings (SSSR count). The topological polar surface area (TPSA) is 30.0 Å². The van der Waals surface area contributed by atoms with E-state index < -0.39 is 11.6 Å². The van der Waals surface area contributed by atoms with E-state index in [2.05, 4.69) is 4.98 Å². The monoisotopic (exact) mass is 237 g/mol. The summed E-state index contributed by atoms with van der Waals surface area (Å²) in [5.41, 5.74) is 0.321. The molecule has 1 aliphatic carbocycles. The number of aromatic nitrogens is 1. The van der Waals surface area contributed by atoms with Gasteiger partial charge in [-0.3, -0.25) is 9.78 Å². The molecular formula is C12H9ClFNO. The molecule has 0 amide bonds. The molecule has 1 aromatic rings. The highest BCUT2D eigenvalue weighted by molar-refractivity contribution is 6.37. The number of halogens is 2.